The molecule has 2 N–H and O–H groups in total. The van der Waals surface area contributed by atoms with Crippen LogP contribution in [-0.2, 0) is 0 Å². The van der Waals surface area contributed by atoms with E-state index in [4.69, 9.17) is 0 Å². The quantitative estimate of drug-likeness (QED) is 0.424. The molecule has 0 spiro atoms. The summed E-state index contributed by atoms with van der Waals surface area (Å²) in [6, 6.07) is 8.78. The highest BCUT2D eigenvalue weighted by Crippen LogP contribution is 2.30. The molecular weight excluding hydrogens is 426 g/mol. The summed E-state index contributed by atoms with van der Waals surface area (Å²) >= 11 is 0. The van der Waals surface area contributed by atoms with Crippen molar-refractivity contribution < 1.29 is 22.4 Å². The van der Waals surface area contributed by atoms with Gasteiger partial charge in [0.05, 0.1) is 17.6 Å². The summed E-state index contributed by atoms with van der Waals surface area (Å²) in [7, 11) is 0. The Bertz CT molecular complexity index is 1320. The molecule has 0 aliphatic carbocycles. The van der Waals surface area contributed by atoms with Crippen LogP contribution in [-0.4, -0.2) is 20.9 Å². The average molecular weight is 439 g/mol. The van der Waals surface area contributed by atoms with Crippen molar-refractivity contribution in [2.45, 2.75) is 0 Å². The number of pyridine rings is 1. The van der Waals surface area contributed by atoms with Gasteiger partial charge in [-0.2, -0.15) is 0 Å². The van der Waals surface area contributed by atoms with Gasteiger partial charge in [0.25, 0.3) is 5.91 Å². The normalized spacial score (nSPS) is 10.6. The summed E-state index contributed by atoms with van der Waals surface area (Å²) < 4.78 is 54.4. The van der Waals surface area contributed by atoms with Crippen molar-refractivity contribution in [2.24, 2.45) is 0 Å². The lowest BCUT2D eigenvalue weighted by Crippen LogP contribution is -2.15. The molecule has 0 aliphatic rings. The summed E-state index contributed by atoms with van der Waals surface area (Å²) in [6.07, 6.45) is 3.98. The van der Waals surface area contributed by atoms with Crippen molar-refractivity contribution in [3.05, 3.63) is 96.1 Å². The van der Waals surface area contributed by atoms with Crippen LogP contribution in [0.2, 0.25) is 0 Å². The lowest BCUT2D eigenvalue weighted by Gasteiger charge is -2.12. The van der Waals surface area contributed by atoms with Gasteiger partial charge >= 0.3 is 0 Å². The van der Waals surface area contributed by atoms with E-state index in [0.717, 1.165) is 18.2 Å². The Labute approximate surface area is 179 Å². The van der Waals surface area contributed by atoms with E-state index in [1.54, 1.807) is 0 Å². The minimum Gasteiger partial charge on any atom is -0.322 e. The Morgan fingerprint density at radius 1 is 0.781 bits per heavy atom. The number of aromatic nitrogens is 3. The maximum atomic E-state index is 14.2. The highest BCUT2D eigenvalue weighted by atomic mass is 19.1. The highest BCUT2D eigenvalue weighted by molar-refractivity contribution is 6.05. The van der Waals surface area contributed by atoms with Crippen molar-refractivity contribution >= 4 is 23.2 Å². The van der Waals surface area contributed by atoms with E-state index >= 15 is 0 Å². The Morgan fingerprint density at radius 3 is 2.28 bits per heavy atom. The molecule has 0 saturated heterocycles. The van der Waals surface area contributed by atoms with E-state index in [-0.39, 0.29) is 34.1 Å². The van der Waals surface area contributed by atoms with Crippen LogP contribution in [0.3, 0.4) is 0 Å². The van der Waals surface area contributed by atoms with E-state index in [1.807, 2.05) is 0 Å². The van der Waals surface area contributed by atoms with Crippen LogP contribution in [0.1, 0.15) is 10.5 Å². The predicted molar refractivity (Wildman–Crippen MR) is 109 cm³/mol. The van der Waals surface area contributed by atoms with Gasteiger partial charge in [-0.25, -0.2) is 27.5 Å². The van der Waals surface area contributed by atoms with E-state index < -0.39 is 29.2 Å². The fraction of sp³-hybridized carbons (Fsp3) is 0. The number of benzene rings is 2. The SMILES string of the molecule is O=C(Nc1cnccc1-c1ccc(F)cc1F)c1ccnc(Nc2ccc(F)cc2F)n1. The molecule has 4 aromatic rings. The third-order valence-corrected chi connectivity index (χ3v) is 4.36. The zero-order valence-electron chi connectivity index (χ0n) is 16.1. The molecule has 2 heterocycles. The third kappa shape index (κ3) is 4.53. The second-order valence-corrected chi connectivity index (χ2v) is 6.51. The molecule has 0 bridgehead atoms. The number of carbonyl (C=O) groups excluding carboxylic acids is 1. The lowest BCUT2D eigenvalue weighted by molar-refractivity contribution is 0.102. The first-order valence-corrected chi connectivity index (χ1v) is 9.16. The maximum absolute atomic E-state index is 14.2. The number of rotatable bonds is 5. The van der Waals surface area contributed by atoms with Gasteiger partial charge in [0.15, 0.2) is 0 Å². The largest absolute Gasteiger partial charge is 0.322 e. The van der Waals surface area contributed by atoms with Crippen molar-refractivity contribution in [2.75, 3.05) is 10.6 Å². The molecule has 0 aliphatic heterocycles. The van der Waals surface area contributed by atoms with E-state index in [9.17, 15) is 22.4 Å². The first-order chi connectivity index (χ1) is 15.4. The lowest BCUT2D eigenvalue weighted by atomic mass is 10.0. The second kappa shape index (κ2) is 8.80. The number of hydrogen-bond acceptors (Lipinski definition) is 5. The molecule has 1 amide bonds. The van der Waals surface area contributed by atoms with Gasteiger partial charge in [0, 0.05) is 35.7 Å². The third-order valence-electron chi connectivity index (χ3n) is 4.36. The Hall–Kier alpha value is -4.34. The number of nitrogens with zero attached hydrogens (tertiary/aromatic N) is 3. The topological polar surface area (TPSA) is 79.8 Å². The molecule has 2 aromatic carbocycles. The van der Waals surface area contributed by atoms with E-state index in [0.29, 0.717) is 6.07 Å². The Morgan fingerprint density at radius 2 is 1.53 bits per heavy atom. The fourth-order valence-electron chi connectivity index (χ4n) is 2.88. The molecule has 0 radical (unpaired) electrons. The highest BCUT2D eigenvalue weighted by Gasteiger charge is 2.16. The van der Waals surface area contributed by atoms with Crippen molar-refractivity contribution in [1.29, 1.82) is 0 Å². The number of amides is 1. The Balaban J connectivity index is 1.58. The molecular formula is C22H13F4N5O. The number of nitrogens with one attached hydrogen (secondary N) is 2. The van der Waals surface area contributed by atoms with Gasteiger partial charge < -0.3 is 10.6 Å². The summed E-state index contributed by atoms with van der Waals surface area (Å²) in [5.41, 5.74) is 0.359. The molecule has 6 nitrogen and oxygen atoms in total. The van der Waals surface area contributed by atoms with Gasteiger partial charge in [-0.05, 0) is 36.4 Å². The van der Waals surface area contributed by atoms with Crippen LogP contribution >= 0.6 is 0 Å². The molecule has 2 aromatic heterocycles. The summed E-state index contributed by atoms with van der Waals surface area (Å²) in [4.78, 5) is 24.6. The van der Waals surface area contributed by atoms with Crippen LogP contribution in [0.4, 0.5) is 34.9 Å². The molecule has 0 atom stereocenters. The zero-order chi connectivity index (χ0) is 22.7. The summed E-state index contributed by atoms with van der Waals surface area (Å²) in [5.74, 6) is -3.91. The predicted octanol–water partition coefficient (Wildman–Crippen LogP) is 5.09. The molecule has 0 unspecified atom stereocenters. The number of halogens is 4. The fourth-order valence-corrected chi connectivity index (χ4v) is 2.88. The molecule has 0 saturated carbocycles. The van der Waals surface area contributed by atoms with Gasteiger partial charge in [0.2, 0.25) is 5.95 Å². The van der Waals surface area contributed by atoms with Crippen molar-refractivity contribution in [3.63, 3.8) is 0 Å². The molecule has 10 heteroatoms. The van der Waals surface area contributed by atoms with Crippen LogP contribution < -0.4 is 10.6 Å². The van der Waals surface area contributed by atoms with Crippen LogP contribution in [0, 0.1) is 23.3 Å². The van der Waals surface area contributed by atoms with Gasteiger partial charge in [0.1, 0.15) is 29.0 Å². The van der Waals surface area contributed by atoms with Gasteiger partial charge in [-0.15, -0.1) is 0 Å². The smallest absolute Gasteiger partial charge is 0.274 e. The molecule has 32 heavy (non-hydrogen) atoms. The van der Waals surface area contributed by atoms with Crippen LogP contribution in [0.5, 0.6) is 0 Å². The first-order valence-electron chi connectivity index (χ1n) is 9.16. The van der Waals surface area contributed by atoms with Gasteiger partial charge in [-0.1, -0.05) is 0 Å². The number of anilines is 3. The number of hydrogen-bond donors (Lipinski definition) is 2. The second-order valence-electron chi connectivity index (χ2n) is 6.51. The zero-order valence-corrected chi connectivity index (χ0v) is 16.1. The minimum absolute atomic E-state index is 0.0703. The molecule has 4 rings (SSSR count). The van der Waals surface area contributed by atoms with Crippen molar-refractivity contribution in [1.82, 2.24) is 15.0 Å². The summed E-state index contributed by atoms with van der Waals surface area (Å²) in [5, 5.41) is 5.14. The summed E-state index contributed by atoms with van der Waals surface area (Å²) in [6.45, 7) is 0. The van der Waals surface area contributed by atoms with Gasteiger partial charge in [-0.3, -0.25) is 9.78 Å². The van der Waals surface area contributed by atoms with Crippen LogP contribution in [0.25, 0.3) is 11.1 Å². The monoisotopic (exact) mass is 439 g/mol. The standard InChI is InChI=1S/C22H13F4N5O/c23-12-1-3-14(16(25)9-12)15-5-7-27-11-20(15)29-21(32)19-6-8-28-22(31-19)30-18-4-2-13(24)10-17(18)26/h1-11H,(H,29,32)(H,28,30,31). The van der Waals surface area contributed by atoms with E-state index in [2.05, 4.69) is 25.6 Å². The first kappa shape index (κ1) is 20.9. The van der Waals surface area contributed by atoms with Crippen molar-refractivity contribution in [3.8, 4) is 11.1 Å². The van der Waals surface area contributed by atoms with Crippen LogP contribution in [0.15, 0.2) is 67.1 Å². The van der Waals surface area contributed by atoms with E-state index in [1.165, 1.54) is 42.9 Å². The average Bonchev–Trinajstić information content (AvgIpc) is 2.77. The minimum atomic E-state index is -0.857. The molecule has 0 fully saturated rings. The number of carbonyl (C=O) groups is 1. The molecule has 160 valence electrons. The Kier molecular flexibility index (Phi) is 5.75. The maximum Gasteiger partial charge on any atom is 0.274 e.